The second-order valence-corrected chi connectivity index (χ2v) is 5.92. The van der Waals surface area contributed by atoms with Crippen molar-refractivity contribution in [2.45, 2.75) is 38.5 Å². The number of furan rings is 1. The number of nitrogens with zero attached hydrogens (tertiary/aromatic N) is 1. The highest BCUT2D eigenvalue weighted by atomic mass is 32.2. The average Bonchev–Trinajstić information content (AvgIpc) is 2.80. The molecule has 0 aromatic carbocycles. The van der Waals surface area contributed by atoms with Crippen LogP contribution in [0.4, 0.5) is 0 Å². The van der Waals surface area contributed by atoms with Crippen molar-refractivity contribution in [1.82, 2.24) is 4.90 Å². The predicted molar refractivity (Wildman–Crippen MR) is 70.5 cm³/mol. The average molecular weight is 253 g/mol. The molecule has 1 aromatic rings. The fourth-order valence-electron chi connectivity index (χ4n) is 2.04. The van der Waals surface area contributed by atoms with Gasteiger partial charge in [0, 0.05) is 30.0 Å². The third kappa shape index (κ3) is 2.51. The second-order valence-electron chi connectivity index (χ2n) is 4.43. The molecule has 17 heavy (non-hydrogen) atoms. The smallest absolute Gasteiger partial charge is 0.289 e. The molecule has 0 aliphatic carbocycles. The van der Waals surface area contributed by atoms with Gasteiger partial charge in [0.05, 0.1) is 0 Å². The van der Waals surface area contributed by atoms with Crippen molar-refractivity contribution in [1.29, 1.82) is 0 Å². The molecule has 4 heteroatoms. The molecule has 2 atom stereocenters. The van der Waals surface area contributed by atoms with Crippen LogP contribution in [0.5, 0.6) is 0 Å². The molecule has 1 saturated heterocycles. The van der Waals surface area contributed by atoms with E-state index in [-0.39, 0.29) is 11.9 Å². The van der Waals surface area contributed by atoms with Gasteiger partial charge in [-0.3, -0.25) is 4.79 Å². The van der Waals surface area contributed by atoms with Crippen LogP contribution in [-0.4, -0.2) is 34.4 Å². The minimum Gasteiger partial charge on any atom is -0.456 e. The van der Waals surface area contributed by atoms with Gasteiger partial charge in [0.2, 0.25) is 0 Å². The molecule has 1 aromatic heterocycles. The minimum atomic E-state index is 0.0318. The van der Waals surface area contributed by atoms with Crippen molar-refractivity contribution in [2.24, 2.45) is 0 Å². The molecule has 2 heterocycles. The second kappa shape index (κ2) is 5.17. The molecule has 0 N–H and O–H groups in total. The third-order valence-electron chi connectivity index (χ3n) is 3.37. The van der Waals surface area contributed by atoms with E-state index in [9.17, 15) is 4.79 Å². The van der Waals surface area contributed by atoms with Crippen LogP contribution in [0.2, 0.25) is 0 Å². The van der Waals surface area contributed by atoms with Crippen molar-refractivity contribution in [3.8, 4) is 0 Å². The van der Waals surface area contributed by atoms with Gasteiger partial charge in [-0.2, -0.15) is 11.8 Å². The van der Waals surface area contributed by atoms with Crippen LogP contribution >= 0.6 is 11.8 Å². The number of rotatable bonds is 2. The number of hydrogen-bond donors (Lipinski definition) is 0. The highest BCUT2D eigenvalue weighted by Gasteiger charge is 2.30. The standard InChI is InChI=1S/C13H19NO2S/c1-4-11-5-6-12(16-11)13(15)14-7-8-17-10(3)9(14)2/h5-6,9-10H,4,7-8H2,1-3H3/t9-,10+/m1/s1. The summed E-state index contributed by atoms with van der Waals surface area (Å²) in [7, 11) is 0. The fourth-order valence-corrected chi connectivity index (χ4v) is 3.14. The van der Waals surface area contributed by atoms with E-state index in [1.165, 1.54) is 0 Å². The van der Waals surface area contributed by atoms with Crippen molar-refractivity contribution in [3.63, 3.8) is 0 Å². The first kappa shape index (κ1) is 12.6. The molecule has 0 bridgehead atoms. The van der Waals surface area contributed by atoms with Gasteiger partial charge in [0.1, 0.15) is 5.76 Å². The van der Waals surface area contributed by atoms with Crippen molar-refractivity contribution >= 4 is 17.7 Å². The summed E-state index contributed by atoms with van der Waals surface area (Å²) in [5.41, 5.74) is 0. The lowest BCUT2D eigenvalue weighted by Gasteiger charge is -2.36. The quantitative estimate of drug-likeness (QED) is 0.812. The Morgan fingerprint density at radius 2 is 2.29 bits per heavy atom. The van der Waals surface area contributed by atoms with Gasteiger partial charge < -0.3 is 9.32 Å². The molecule has 1 aliphatic heterocycles. The molecule has 1 aliphatic rings. The molecule has 0 saturated carbocycles. The molecule has 1 amide bonds. The third-order valence-corrected chi connectivity index (χ3v) is 4.70. The van der Waals surface area contributed by atoms with Gasteiger partial charge in [-0.1, -0.05) is 13.8 Å². The Hall–Kier alpha value is -0.900. The summed E-state index contributed by atoms with van der Waals surface area (Å²) in [5, 5.41) is 0.494. The Balaban J connectivity index is 2.13. The molecule has 0 unspecified atom stereocenters. The van der Waals surface area contributed by atoms with Crippen LogP contribution in [0, 0.1) is 0 Å². The molecular formula is C13H19NO2S. The summed E-state index contributed by atoms with van der Waals surface area (Å²) in [4.78, 5) is 14.2. The molecule has 2 rings (SSSR count). The predicted octanol–water partition coefficient (Wildman–Crippen LogP) is 2.81. The number of hydrogen-bond acceptors (Lipinski definition) is 3. The van der Waals surface area contributed by atoms with E-state index >= 15 is 0 Å². The zero-order valence-corrected chi connectivity index (χ0v) is 11.4. The van der Waals surface area contributed by atoms with E-state index < -0.39 is 0 Å². The summed E-state index contributed by atoms with van der Waals surface area (Å²) in [6.07, 6.45) is 0.828. The summed E-state index contributed by atoms with van der Waals surface area (Å²) < 4.78 is 5.53. The lowest BCUT2D eigenvalue weighted by molar-refractivity contribution is 0.0664. The van der Waals surface area contributed by atoms with Crippen LogP contribution in [0.15, 0.2) is 16.5 Å². The van der Waals surface area contributed by atoms with Gasteiger partial charge in [-0.15, -0.1) is 0 Å². The van der Waals surface area contributed by atoms with E-state index in [1.54, 1.807) is 6.07 Å². The van der Waals surface area contributed by atoms with E-state index in [0.29, 0.717) is 11.0 Å². The minimum absolute atomic E-state index is 0.0318. The highest BCUT2D eigenvalue weighted by Crippen LogP contribution is 2.26. The maximum absolute atomic E-state index is 12.3. The zero-order valence-electron chi connectivity index (χ0n) is 10.6. The highest BCUT2D eigenvalue weighted by molar-refractivity contribution is 8.00. The maximum atomic E-state index is 12.3. The fraction of sp³-hybridized carbons (Fsp3) is 0.615. The van der Waals surface area contributed by atoms with Crippen molar-refractivity contribution in [2.75, 3.05) is 12.3 Å². The molecule has 1 fully saturated rings. The Labute approximate surface area is 107 Å². The van der Waals surface area contributed by atoms with Crippen molar-refractivity contribution < 1.29 is 9.21 Å². The lowest BCUT2D eigenvalue weighted by Crippen LogP contribution is -2.47. The molecule has 0 spiro atoms. The molecule has 0 radical (unpaired) electrons. The number of carbonyl (C=O) groups is 1. The van der Waals surface area contributed by atoms with E-state index in [0.717, 1.165) is 24.5 Å². The first-order valence-corrected chi connectivity index (χ1v) is 7.19. The van der Waals surface area contributed by atoms with Crippen LogP contribution < -0.4 is 0 Å². The number of amides is 1. The molecular weight excluding hydrogens is 234 g/mol. The zero-order chi connectivity index (χ0) is 12.4. The van der Waals surface area contributed by atoms with Crippen LogP contribution in [0.1, 0.15) is 37.1 Å². The van der Waals surface area contributed by atoms with E-state index in [2.05, 4.69) is 13.8 Å². The molecule has 3 nitrogen and oxygen atoms in total. The Morgan fingerprint density at radius 1 is 1.53 bits per heavy atom. The number of aryl methyl sites for hydroxylation is 1. The van der Waals surface area contributed by atoms with Crippen LogP contribution in [0.25, 0.3) is 0 Å². The van der Waals surface area contributed by atoms with Crippen LogP contribution in [-0.2, 0) is 6.42 Å². The largest absolute Gasteiger partial charge is 0.456 e. The Bertz CT molecular complexity index is 402. The topological polar surface area (TPSA) is 33.5 Å². The summed E-state index contributed by atoms with van der Waals surface area (Å²) >= 11 is 1.93. The SMILES string of the molecule is CCc1ccc(C(=O)N2CCS[C@@H](C)[C@H]2C)o1. The monoisotopic (exact) mass is 253 g/mol. The summed E-state index contributed by atoms with van der Waals surface area (Å²) in [6.45, 7) is 7.12. The Morgan fingerprint density at radius 3 is 2.94 bits per heavy atom. The lowest BCUT2D eigenvalue weighted by atomic mass is 10.2. The Kier molecular flexibility index (Phi) is 3.82. The molecule has 94 valence electrons. The van der Waals surface area contributed by atoms with Gasteiger partial charge in [-0.05, 0) is 19.1 Å². The maximum Gasteiger partial charge on any atom is 0.289 e. The number of carbonyl (C=O) groups excluding carboxylic acids is 1. The first-order valence-electron chi connectivity index (χ1n) is 6.14. The van der Waals surface area contributed by atoms with Gasteiger partial charge in [-0.25, -0.2) is 0 Å². The van der Waals surface area contributed by atoms with E-state index in [1.807, 2.05) is 29.7 Å². The van der Waals surface area contributed by atoms with Crippen molar-refractivity contribution in [3.05, 3.63) is 23.7 Å². The van der Waals surface area contributed by atoms with Gasteiger partial charge >= 0.3 is 0 Å². The van der Waals surface area contributed by atoms with Gasteiger partial charge in [0.15, 0.2) is 5.76 Å². The number of thioether (sulfide) groups is 1. The summed E-state index contributed by atoms with van der Waals surface area (Å²) in [6, 6.07) is 3.96. The van der Waals surface area contributed by atoms with Crippen LogP contribution in [0.3, 0.4) is 0 Å². The first-order chi connectivity index (χ1) is 8.13. The van der Waals surface area contributed by atoms with E-state index in [4.69, 9.17) is 4.42 Å². The normalized spacial score (nSPS) is 25.0. The van der Waals surface area contributed by atoms with Gasteiger partial charge in [0.25, 0.3) is 5.91 Å². The summed E-state index contributed by atoms with van der Waals surface area (Å²) in [5.74, 6) is 2.40.